The van der Waals surface area contributed by atoms with E-state index in [1.807, 2.05) is 49.4 Å². The van der Waals surface area contributed by atoms with Gasteiger partial charge in [0.05, 0.1) is 12.0 Å². The summed E-state index contributed by atoms with van der Waals surface area (Å²) in [7, 11) is 0. The molecule has 1 saturated heterocycles. The molecule has 1 N–H and O–H groups in total. The van der Waals surface area contributed by atoms with E-state index < -0.39 is 11.4 Å². The average molecular weight is 381 g/mol. The number of carbonyl (C=O) groups excluding carboxylic acids is 1. The number of aryl methyl sites for hydroxylation is 1. The molecule has 2 aliphatic rings. The molecule has 0 aromatic heterocycles. The summed E-state index contributed by atoms with van der Waals surface area (Å²) in [5.74, 6) is 0.0154. The number of hydrogen-bond acceptors (Lipinski definition) is 4. The molecule has 2 aromatic rings. The number of rotatable bonds is 4. The Hall–Kier alpha value is -3.02. The highest BCUT2D eigenvalue weighted by molar-refractivity contribution is 5.82. The smallest absolute Gasteiger partial charge is 0.312 e. The summed E-state index contributed by atoms with van der Waals surface area (Å²) in [6, 6.07) is 15.0. The molecule has 6 heteroatoms. The lowest BCUT2D eigenvalue weighted by molar-refractivity contribution is -0.151. The monoisotopic (exact) mass is 381 g/mol. The van der Waals surface area contributed by atoms with Gasteiger partial charge in [-0.2, -0.15) is 0 Å². The van der Waals surface area contributed by atoms with Crippen molar-refractivity contribution >= 4 is 11.9 Å². The fraction of sp³-hybridized carbons (Fsp3) is 0.364. The molecule has 4 rings (SSSR count). The van der Waals surface area contributed by atoms with Gasteiger partial charge in [-0.25, -0.2) is 0 Å². The lowest BCUT2D eigenvalue weighted by Crippen LogP contribution is -2.42. The van der Waals surface area contributed by atoms with Gasteiger partial charge in [0, 0.05) is 19.0 Å². The number of likely N-dealkylation sites (tertiary alicyclic amines) is 1. The Bertz CT molecular complexity index is 911. The predicted octanol–water partition coefficient (Wildman–Crippen LogP) is 2.54. The van der Waals surface area contributed by atoms with Crippen molar-refractivity contribution in [1.29, 1.82) is 0 Å². The number of hydrogen-bond donors (Lipinski definition) is 1. The quantitative estimate of drug-likeness (QED) is 0.881. The molecule has 1 amide bonds. The van der Waals surface area contributed by atoms with Gasteiger partial charge in [0.1, 0.15) is 11.5 Å². The zero-order valence-corrected chi connectivity index (χ0v) is 15.8. The molecule has 0 radical (unpaired) electrons. The molecule has 0 bridgehead atoms. The molecular formula is C22H23NO5. The minimum Gasteiger partial charge on any atom is -0.493 e. The third-order valence-electron chi connectivity index (χ3n) is 5.74. The van der Waals surface area contributed by atoms with Crippen LogP contribution in [0.2, 0.25) is 0 Å². The van der Waals surface area contributed by atoms with Crippen LogP contribution in [0.4, 0.5) is 0 Å². The van der Waals surface area contributed by atoms with Gasteiger partial charge >= 0.3 is 5.97 Å². The minimum atomic E-state index is -1.04. The topological polar surface area (TPSA) is 76.1 Å². The van der Waals surface area contributed by atoms with E-state index in [0.29, 0.717) is 18.7 Å². The molecule has 28 heavy (non-hydrogen) atoms. The maximum atomic E-state index is 12.7. The van der Waals surface area contributed by atoms with Gasteiger partial charge in [0.2, 0.25) is 0 Å². The molecule has 0 unspecified atom stereocenters. The van der Waals surface area contributed by atoms with Crippen molar-refractivity contribution in [2.45, 2.75) is 13.3 Å². The molecule has 2 atom stereocenters. The summed E-state index contributed by atoms with van der Waals surface area (Å²) >= 11 is 0. The van der Waals surface area contributed by atoms with Crippen LogP contribution >= 0.6 is 0 Å². The molecule has 1 fully saturated rings. The lowest BCUT2D eigenvalue weighted by atomic mass is 9.74. The van der Waals surface area contributed by atoms with Crippen LogP contribution in [0.1, 0.15) is 11.1 Å². The van der Waals surface area contributed by atoms with Gasteiger partial charge in [0.15, 0.2) is 6.61 Å². The fourth-order valence-electron chi connectivity index (χ4n) is 4.16. The van der Waals surface area contributed by atoms with Gasteiger partial charge in [0.25, 0.3) is 5.91 Å². The van der Waals surface area contributed by atoms with Crippen molar-refractivity contribution in [1.82, 2.24) is 4.90 Å². The lowest BCUT2D eigenvalue weighted by Gasteiger charge is -2.27. The molecule has 0 saturated carbocycles. The number of fused-ring (bicyclic) bond motifs is 2. The second kappa shape index (κ2) is 7.19. The number of carboxylic acid groups (broad SMARTS) is 1. The summed E-state index contributed by atoms with van der Waals surface area (Å²) in [5, 5.41) is 10.1. The second-order valence-corrected chi connectivity index (χ2v) is 7.63. The number of carboxylic acids is 1. The number of ether oxygens (including phenoxy) is 2. The van der Waals surface area contributed by atoms with Crippen molar-refractivity contribution in [3.8, 4) is 11.5 Å². The molecule has 0 aliphatic carbocycles. The van der Waals surface area contributed by atoms with Gasteiger partial charge in [-0.1, -0.05) is 30.3 Å². The van der Waals surface area contributed by atoms with E-state index in [1.54, 1.807) is 11.0 Å². The zero-order valence-electron chi connectivity index (χ0n) is 15.8. The summed E-state index contributed by atoms with van der Waals surface area (Å²) < 4.78 is 11.5. The maximum Gasteiger partial charge on any atom is 0.312 e. The number of nitrogens with zero attached hydrogens (tertiary/aromatic N) is 1. The van der Waals surface area contributed by atoms with Crippen molar-refractivity contribution in [2.75, 3.05) is 26.3 Å². The SMILES string of the molecule is Cc1cccc(OCC(=O)N2C[C@@H]3COc4ccccc4C[C@]3(C(=O)O)C2)c1. The Morgan fingerprint density at radius 2 is 2.07 bits per heavy atom. The van der Waals surface area contributed by atoms with Crippen LogP contribution in [0.5, 0.6) is 11.5 Å². The van der Waals surface area contributed by atoms with E-state index in [2.05, 4.69) is 0 Å². The first-order chi connectivity index (χ1) is 13.5. The summed E-state index contributed by atoms with van der Waals surface area (Å²) in [4.78, 5) is 26.6. The number of para-hydroxylation sites is 1. The molecular weight excluding hydrogens is 358 g/mol. The molecule has 0 spiro atoms. The van der Waals surface area contributed by atoms with Crippen LogP contribution in [0, 0.1) is 18.3 Å². The van der Waals surface area contributed by atoms with Crippen LogP contribution in [0.15, 0.2) is 48.5 Å². The predicted molar refractivity (Wildman–Crippen MR) is 102 cm³/mol. The van der Waals surface area contributed by atoms with Crippen LogP contribution in [-0.4, -0.2) is 48.2 Å². The van der Waals surface area contributed by atoms with E-state index in [9.17, 15) is 14.7 Å². The summed E-state index contributed by atoms with van der Waals surface area (Å²) in [5.41, 5.74) is 0.887. The molecule has 2 heterocycles. The fourth-order valence-corrected chi connectivity index (χ4v) is 4.16. The summed E-state index contributed by atoms with van der Waals surface area (Å²) in [6.07, 6.45) is 0.353. The first-order valence-corrected chi connectivity index (χ1v) is 9.39. The standard InChI is InChI=1S/C22H23NO5/c1-15-5-4-7-18(9-15)27-13-20(24)23-11-17-12-28-19-8-3-2-6-16(19)10-22(17,14-23)21(25)26/h2-9,17H,10-14H2,1H3,(H,25,26)/t17-,22+/m1/s1. The number of carbonyl (C=O) groups is 2. The van der Waals surface area contributed by atoms with Gasteiger partial charge in [-0.3, -0.25) is 9.59 Å². The molecule has 2 aromatic carbocycles. The van der Waals surface area contributed by atoms with Gasteiger partial charge in [-0.05, 0) is 42.7 Å². The number of amides is 1. The van der Waals surface area contributed by atoms with Crippen LogP contribution in [-0.2, 0) is 16.0 Å². The Morgan fingerprint density at radius 3 is 2.86 bits per heavy atom. The number of benzene rings is 2. The molecule has 2 aliphatic heterocycles. The largest absolute Gasteiger partial charge is 0.493 e. The summed E-state index contributed by atoms with van der Waals surface area (Å²) in [6.45, 7) is 2.66. The van der Waals surface area contributed by atoms with Crippen molar-refractivity contribution in [2.24, 2.45) is 11.3 Å². The van der Waals surface area contributed by atoms with E-state index in [-0.39, 0.29) is 31.6 Å². The van der Waals surface area contributed by atoms with Crippen LogP contribution in [0.25, 0.3) is 0 Å². The zero-order chi connectivity index (χ0) is 19.7. The van der Waals surface area contributed by atoms with Crippen LogP contribution in [0.3, 0.4) is 0 Å². The molecule has 146 valence electrons. The van der Waals surface area contributed by atoms with Crippen molar-refractivity contribution in [3.05, 3.63) is 59.7 Å². The van der Waals surface area contributed by atoms with Crippen LogP contribution < -0.4 is 9.47 Å². The first kappa shape index (κ1) is 18.3. The highest BCUT2D eigenvalue weighted by Crippen LogP contribution is 2.44. The van der Waals surface area contributed by atoms with Gasteiger partial charge < -0.3 is 19.5 Å². The van der Waals surface area contributed by atoms with Crippen molar-refractivity contribution in [3.63, 3.8) is 0 Å². The van der Waals surface area contributed by atoms with E-state index in [1.165, 1.54) is 0 Å². The average Bonchev–Trinajstić information content (AvgIpc) is 2.97. The molecule has 6 nitrogen and oxygen atoms in total. The minimum absolute atomic E-state index is 0.108. The van der Waals surface area contributed by atoms with Crippen molar-refractivity contribution < 1.29 is 24.2 Å². The third kappa shape index (κ3) is 3.30. The Morgan fingerprint density at radius 1 is 1.25 bits per heavy atom. The number of aliphatic carboxylic acids is 1. The normalized spacial score (nSPS) is 23.2. The third-order valence-corrected chi connectivity index (χ3v) is 5.74. The Labute approximate surface area is 163 Å². The van der Waals surface area contributed by atoms with E-state index in [4.69, 9.17) is 9.47 Å². The van der Waals surface area contributed by atoms with E-state index >= 15 is 0 Å². The Balaban J connectivity index is 1.50. The highest BCUT2D eigenvalue weighted by atomic mass is 16.5. The second-order valence-electron chi connectivity index (χ2n) is 7.63. The highest BCUT2D eigenvalue weighted by Gasteiger charge is 2.55. The maximum absolute atomic E-state index is 12.7. The Kier molecular flexibility index (Phi) is 4.71. The van der Waals surface area contributed by atoms with E-state index in [0.717, 1.165) is 16.9 Å². The first-order valence-electron chi connectivity index (χ1n) is 9.39. The van der Waals surface area contributed by atoms with Gasteiger partial charge in [-0.15, -0.1) is 0 Å².